The van der Waals surface area contributed by atoms with Gasteiger partial charge in [0, 0.05) is 58.6 Å². The van der Waals surface area contributed by atoms with E-state index in [1.54, 1.807) is 23.5 Å². The van der Waals surface area contributed by atoms with Gasteiger partial charge in [-0.25, -0.2) is 0 Å². The summed E-state index contributed by atoms with van der Waals surface area (Å²) in [5, 5.41) is 18.0. The number of rotatable bonds is 12. The van der Waals surface area contributed by atoms with Gasteiger partial charge in [0.2, 0.25) is 0 Å². The van der Waals surface area contributed by atoms with Gasteiger partial charge in [0.1, 0.15) is 0 Å². The topological polar surface area (TPSA) is 81.1 Å². The van der Waals surface area contributed by atoms with Crippen molar-refractivity contribution < 1.29 is 19.8 Å². The molecule has 0 unspecified atom stereocenters. The van der Waals surface area contributed by atoms with E-state index >= 15 is 0 Å². The summed E-state index contributed by atoms with van der Waals surface area (Å²) in [5.41, 5.74) is 0.0724. The van der Waals surface area contributed by atoms with Crippen LogP contribution in [0.5, 0.6) is 0 Å². The van der Waals surface area contributed by atoms with Gasteiger partial charge in [-0.1, -0.05) is 24.3 Å². The lowest BCUT2D eigenvalue weighted by atomic mass is 9.88. The average molecular weight is 531 g/mol. The lowest BCUT2D eigenvalue weighted by molar-refractivity contribution is 0.0133. The number of piperazine rings is 1. The third kappa shape index (κ3) is 6.79. The molecule has 0 spiro atoms. The van der Waals surface area contributed by atoms with E-state index < -0.39 is 11.1 Å². The Hall–Kier alpha value is -1.68. The predicted octanol–water partition coefficient (Wildman–Crippen LogP) is 4.10. The second kappa shape index (κ2) is 12.7. The summed E-state index contributed by atoms with van der Waals surface area (Å²) in [4.78, 5) is 33.3. The average Bonchev–Trinajstić information content (AvgIpc) is 2.90. The van der Waals surface area contributed by atoms with Gasteiger partial charge < -0.3 is 10.2 Å². The van der Waals surface area contributed by atoms with E-state index in [0.717, 1.165) is 9.79 Å². The first-order chi connectivity index (χ1) is 17.1. The molecule has 0 aromatic heterocycles. The molecule has 2 aromatic carbocycles. The Balaban J connectivity index is 1.61. The fourth-order valence-electron chi connectivity index (χ4n) is 4.55. The van der Waals surface area contributed by atoms with Gasteiger partial charge in [-0.05, 0) is 52.0 Å². The molecule has 0 atom stereocenters. The van der Waals surface area contributed by atoms with Crippen LogP contribution in [0.1, 0.15) is 48.4 Å². The second-order valence-electron chi connectivity index (χ2n) is 9.94. The molecule has 1 heterocycles. The third-order valence-electron chi connectivity index (χ3n) is 6.93. The van der Waals surface area contributed by atoms with Crippen molar-refractivity contribution >= 4 is 35.1 Å². The minimum Gasteiger partial charge on any atom is -0.396 e. The highest BCUT2D eigenvalue weighted by molar-refractivity contribution is 7.99. The number of nitrogens with zero attached hydrogens (tertiary/aromatic N) is 2. The number of hydrogen-bond acceptors (Lipinski definition) is 8. The molecular formula is C28H38N2O4S2. The fourth-order valence-corrected chi connectivity index (χ4v) is 5.86. The van der Waals surface area contributed by atoms with Crippen molar-refractivity contribution in [2.75, 3.05) is 50.9 Å². The van der Waals surface area contributed by atoms with Gasteiger partial charge in [0.15, 0.2) is 11.6 Å². The standard InChI is InChI=1S/C28H38N2O4S2/c1-27(2,25(33)21-5-9-23(10-6-21)35-19-17-31)29-13-15-30(16-14-29)28(3,4)26(34)22-7-11-24(12-8-22)36-20-18-32/h5-12,31-32H,13-20H2,1-4H3. The fraction of sp³-hybridized carbons (Fsp3) is 0.500. The summed E-state index contributed by atoms with van der Waals surface area (Å²) in [6.45, 7) is 11.0. The van der Waals surface area contributed by atoms with Crippen molar-refractivity contribution in [1.82, 2.24) is 9.80 Å². The second-order valence-corrected chi connectivity index (χ2v) is 12.3. The molecule has 2 N–H and O–H groups in total. The van der Waals surface area contributed by atoms with Gasteiger partial charge in [-0.2, -0.15) is 0 Å². The van der Waals surface area contributed by atoms with Crippen LogP contribution in [0.25, 0.3) is 0 Å². The molecule has 0 aliphatic carbocycles. The smallest absolute Gasteiger partial charge is 0.182 e. The van der Waals surface area contributed by atoms with E-state index in [0.29, 0.717) is 48.8 Å². The Morgan fingerprint density at radius 3 is 1.25 bits per heavy atom. The Morgan fingerprint density at radius 2 is 0.972 bits per heavy atom. The molecule has 0 amide bonds. The number of aliphatic hydroxyl groups excluding tert-OH is 2. The molecule has 1 saturated heterocycles. The maximum Gasteiger partial charge on any atom is 0.182 e. The highest BCUT2D eigenvalue weighted by atomic mass is 32.2. The molecule has 2 aromatic rings. The lowest BCUT2D eigenvalue weighted by Gasteiger charge is -2.47. The van der Waals surface area contributed by atoms with Gasteiger partial charge in [-0.15, -0.1) is 23.5 Å². The van der Waals surface area contributed by atoms with Gasteiger partial charge in [-0.3, -0.25) is 19.4 Å². The van der Waals surface area contributed by atoms with Crippen LogP contribution < -0.4 is 0 Å². The minimum atomic E-state index is -0.651. The van der Waals surface area contributed by atoms with Crippen molar-refractivity contribution in [3.05, 3.63) is 59.7 Å². The zero-order valence-electron chi connectivity index (χ0n) is 21.7. The van der Waals surface area contributed by atoms with Crippen LogP contribution >= 0.6 is 23.5 Å². The number of hydrogen-bond donors (Lipinski definition) is 2. The maximum absolute atomic E-state index is 13.4. The van der Waals surface area contributed by atoms with Crippen molar-refractivity contribution in [1.29, 1.82) is 0 Å². The van der Waals surface area contributed by atoms with Crippen LogP contribution in [0.4, 0.5) is 0 Å². The van der Waals surface area contributed by atoms with Crippen molar-refractivity contribution in [2.24, 2.45) is 0 Å². The Morgan fingerprint density at radius 1 is 0.667 bits per heavy atom. The van der Waals surface area contributed by atoms with Crippen molar-refractivity contribution in [3.63, 3.8) is 0 Å². The summed E-state index contributed by atoms with van der Waals surface area (Å²) in [5.74, 6) is 1.45. The zero-order valence-corrected chi connectivity index (χ0v) is 23.3. The van der Waals surface area contributed by atoms with Gasteiger partial charge in [0.25, 0.3) is 0 Å². The van der Waals surface area contributed by atoms with Crippen LogP contribution in [0.3, 0.4) is 0 Å². The molecule has 1 fully saturated rings. The molecule has 1 aliphatic rings. The van der Waals surface area contributed by atoms with Gasteiger partial charge in [0.05, 0.1) is 24.3 Å². The van der Waals surface area contributed by atoms with Crippen LogP contribution in [0.2, 0.25) is 0 Å². The largest absolute Gasteiger partial charge is 0.396 e. The summed E-state index contributed by atoms with van der Waals surface area (Å²) >= 11 is 3.14. The van der Waals surface area contributed by atoms with Crippen LogP contribution in [-0.2, 0) is 0 Å². The third-order valence-corrected chi connectivity index (χ3v) is 8.91. The van der Waals surface area contributed by atoms with E-state index in [-0.39, 0.29) is 24.8 Å². The summed E-state index contributed by atoms with van der Waals surface area (Å²) in [7, 11) is 0. The van der Waals surface area contributed by atoms with E-state index in [1.807, 2.05) is 76.2 Å². The number of Topliss-reactive ketones (excluding diaryl/α,β-unsaturated/α-hetero) is 2. The summed E-state index contributed by atoms with van der Waals surface area (Å²) in [6.07, 6.45) is 0. The van der Waals surface area contributed by atoms with Crippen LogP contribution in [0.15, 0.2) is 58.3 Å². The van der Waals surface area contributed by atoms with Crippen molar-refractivity contribution in [2.45, 2.75) is 48.6 Å². The van der Waals surface area contributed by atoms with Crippen molar-refractivity contribution in [3.8, 4) is 0 Å². The highest BCUT2D eigenvalue weighted by Gasteiger charge is 2.41. The predicted molar refractivity (Wildman–Crippen MR) is 148 cm³/mol. The highest BCUT2D eigenvalue weighted by Crippen LogP contribution is 2.28. The monoisotopic (exact) mass is 530 g/mol. The first-order valence-electron chi connectivity index (χ1n) is 12.4. The first-order valence-corrected chi connectivity index (χ1v) is 14.4. The molecule has 6 nitrogen and oxygen atoms in total. The molecule has 0 bridgehead atoms. The molecule has 8 heteroatoms. The number of carbonyl (C=O) groups excluding carboxylic acids is 2. The zero-order chi connectivity index (χ0) is 26.3. The van der Waals surface area contributed by atoms with Gasteiger partial charge >= 0.3 is 0 Å². The molecule has 196 valence electrons. The number of thioether (sulfide) groups is 2. The Kier molecular flexibility index (Phi) is 10.2. The number of aliphatic hydroxyl groups is 2. The van der Waals surface area contributed by atoms with E-state index in [2.05, 4.69) is 9.80 Å². The summed E-state index contributed by atoms with van der Waals surface area (Å²) in [6, 6.07) is 15.2. The molecule has 0 radical (unpaired) electrons. The molecular weight excluding hydrogens is 492 g/mol. The molecule has 0 saturated carbocycles. The molecule has 3 rings (SSSR count). The minimum absolute atomic E-state index is 0.0872. The number of carbonyl (C=O) groups is 2. The van der Waals surface area contributed by atoms with E-state index in [4.69, 9.17) is 10.2 Å². The molecule has 1 aliphatic heterocycles. The normalized spacial score (nSPS) is 15.7. The van der Waals surface area contributed by atoms with E-state index in [1.165, 1.54) is 0 Å². The Bertz CT molecular complexity index is 931. The maximum atomic E-state index is 13.4. The number of ketones is 2. The number of benzene rings is 2. The summed E-state index contributed by atoms with van der Waals surface area (Å²) < 4.78 is 0. The Labute approximate surface area is 223 Å². The lowest BCUT2D eigenvalue weighted by Crippen LogP contribution is -2.62. The molecule has 36 heavy (non-hydrogen) atoms. The first kappa shape index (κ1) is 28.9. The quantitative estimate of drug-likeness (QED) is 0.314. The van der Waals surface area contributed by atoms with E-state index in [9.17, 15) is 9.59 Å². The van der Waals surface area contributed by atoms with Crippen LogP contribution in [0, 0.1) is 0 Å². The SMILES string of the molecule is CC(C)(C(=O)c1ccc(SCCO)cc1)N1CCN(C(C)(C)C(=O)c2ccc(SCCO)cc2)CC1. The van der Waals surface area contributed by atoms with Crippen LogP contribution in [-0.4, -0.2) is 93.6 Å².